The molecule has 1 aromatic carbocycles. The van der Waals surface area contributed by atoms with Crippen molar-refractivity contribution >= 4 is 28.8 Å². The fourth-order valence-corrected chi connectivity index (χ4v) is 6.18. The van der Waals surface area contributed by atoms with Crippen LogP contribution in [0.25, 0.3) is 16.9 Å². The molecule has 0 saturated heterocycles. The number of aryl methyl sites for hydroxylation is 2. The Bertz CT molecular complexity index is 1780. The average Bonchev–Trinajstić information content (AvgIpc) is 3.56. The number of rotatable bonds is 5. The minimum absolute atomic E-state index is 0.0129. The standard InChI is InChI=1S/C30H27ClN6O2/c1-16-14-21(15-36-17(2)33-34-28(16)36)37-25(19-9-11-20(31)12-10-19)27-24(30(37)38)23(18-7-8-18)26(35(27)3)22-6-5-13-32-29(22)39-4/h5-6,9-15,18,25H,7-8H2,1-4H3. The molecule has 4 aromatic heterocycles. The lowest BCUT2D eigenvalue weighted by Crippen LogP contribution is -2.30. The SMILES string of the molecule is COc1ncccc1-c1c(C2CC2)c2c(n1C)C(c1ccc(Cl)cc1)N(c1cc(C)c3nnc(C)n3c1)C2=O. The molecule has 1 amide bonds. The summed E-state index contributed by atoms with van der Waals surface area (Å²) in [7, 11) is 3.68. The van der Waals surface area contributed by atoms with E-state index in [2.05, 4.69) is 19.7 Å². The van der Waals surface area contributed by atoms with Crippen LogP contribution in [0.1, 0.15) is 63.4 Å². The van der Waals surface area contributed by atoms with E-state index in [1.165, 1.54) is 0 Å². The molecule has 1 saturated carbocycles. The predicted molar refractivity (Wildman–Crippen MR) is 150 cm³/mol. The highest BCUT2D eigenvalue weighted by Gasteiger charge is 2.48. The highest BCUT2D eigenvalue weighted by Crippen LogP contribution is 2.54. The Morgan fingerprint density at radius 3 is 2.56 bits per heavy atom. The Morgan fingerprint density at radius 1 is 1.08 bits per heavy atom. The van der Waals surface area contributed by atoms with E-state index in [1.807, 2.05) is 78.9 Å². The van der Waals surface area contributed by atoms with Crippen molar-refractivity contribution in [1.29, 1.82) is 0 Å². The summed E-state index contributed by atoms with van der Waals surface area (Å²) in [6, 6.07) is 13.4. The minimum Gasteiger partial charge on any atom is -0.481 e. The maximum absolute atomic E-state index is 14.6. The van der Waals surface area contributed by atoms with Gasteiger partial charge in [0.2, 0.25) is 5.88 Å². The van der Waals surface area contributed by atoms with E-state index in [0.717, 1.165) is 69.2 Å². The summed E-state index contributed by atoms with van der Waals surface area (Å²) in [6.07, 6.45) is 5.79. The van der Waals surface area contributed by atoms with Crippen LogP contribution in [-0.4, -0.2) is 37.2 Å². The molecule has 5 heterocycles. The summed E-state index contributed by atoms with van der Waals surface area (Å²) < 4.78 is 9.79. The summed E-state index contributed by atoms with van der Waals surface area (Å²) in [6.45, 7) is 3.92. The molecule has 0 spiro atoms. The monoisotopic (exact) mass is 538 g/mol. The fourth-order valence-electron chi connectivity index (χ4n) is 6.06. The van der Waals surface area contributed by atoms with Crippen molar-refractivity contribution in [3.05, 3.63) is 93.7 Å². The maximum Gasteiger partial charge on any atom is 0.261 e. The van der Waals surface area contributed by atoms with Gasteiger partial charge in [0.1, 0.15) is 11.9 Å². The van der Waals surface area contributed by atoms with Gasteiger partial charge in [-0.3, -0.25) is 14.1 Å². The summed E-state index contributed by atoms with van der Waals surface area (Å²) in [4.78, 5) is 21.0. The van der Waals surface area contributed by atoms with Crippen molar-refractivity contribution in [3.8, 4) is 17.1 Å². The van der Waals surface area contributed by atoms with Crippen LogP contribution in [0.3, 0.4) is 0 Å². The van der Waals surface area contributed by atoms with Gasteiger partial charge in [0.25, 0.3) is 5.91 Å². The maximum atomic E-state index is 14.6. The van der Waals surface area contributed by atoms with Gasteiger partial charge in [0, 0.05) is 24.5 Å². The smallest absolute Gasteiger partial charge is 0.261 e. The van der Waals surface area contributed by atoms with E-state index in [4.69, 9.17) is 16.3 Å². The zero-order chi connectivity index (χ0) is 27.0. The van der Waals surface area contributed by atoms with E-state index >= 15 is 0 Å². The number of carbonyl (C=O) groups is 1. The second-order valence-electron chi connectivity index (χ2n) is 10.4. The average molecular weight is 539 g/mol. The molecular formula is C30H27ClN6O2. The molecule has 8 nitrogen and oxygen atoms in total. The number of carbonyl (C=O) groups excluding carboxylic acids is 1. The molecule has 1 atom stereocenters. The summed E-state index contributed by atoms with van der Waals surface area (Å²) in [5.74, 6) is 1.63. The van der Waals surface area contributed by atoms with Gasteiger partial charge in [0.15, 0.2) is 5.65 Å². The third kappa shape index (κ3) is 3.51. The van der Waals surface area contributed by atoms with Gasteiger partial charge >= 0.3 is 0 Å². The first-order valence-electron chi connectivity index (χ1n) is 13.0. The highest BCUT2D eigenvalue weighted by atomic mass is 35.5. The number of benzene rings is 1. The second kappa shape index (κ2) is 8.68. The Morgan fingerprint density at radius 2 is 1.85 bits per heavy atom. The van der Waals surface area contributed by atoms with Gasteiger partial charge < -0.3 is 9.30 Å². The number of ether oxygens (including phenoxy) is 1. The lowest BCUT2D eigenvalue weighted by atomic mass is 9.99. The van der Waals surface area contributed by atoms with Crippen LogP contribution < -0.4 is 9.64 Å². The normalized spacial score (nSPS) is 16.8. The van der Waals surface area contributed by atoms with Gasteiger partial charge in [-0.25, -0.2) is 4.98 Å². The number of aromatic nitrogens is 5. The third-order valence-electron chi connectivity index (χ3n) is 7.94. The first kappa shape index (κ1) is 23.9. The molecule has 7 rings (SSSR count). The van der Waals surface area contributed by atoms with E-state index in [1.54, 1.807) is 13.3 Å². The van der Waals surface area contributed by atoms with Crippen molar-refractivity contribution in [2.45, 2.75) is 38.6 Å². The van der Waals surface area contributed by atoms with E-state index in [-0.39, 0.29) is 11.9 Å². The Hall–Kier alpha value is -4.17. The van der Waals surface area contributed by atoms with Gasteiger partial charge in [-0.2, -0.15) is 0 Å². The van der Waals surface area contributed by atoms with Crippen LogP contribution in [0, 0.1) is 13.8 Å². The number of hydrogen-bond acceptors (Lipinski definition) is 5. The number of hydrogen-bond donors (Lipinski definition) is 0. The summed E-state index contributed by atoms with van der Waals surface area (Å²) in [5.41, 5.74) is 8.24. The number of halogens is 1. The Labute approximate surface area is 230 Å². The number of methoxy groups -OCH3 is 1. The molecule has 0 N–H and O–H groups in total. The minimum atomic E-state index is -0.350. The number of nitrogens with zero attached hydrogens (tertiary/aromatic N) is 6. The molecule has 5 aromatic rings. The molecule has 1 unspecified atom stereocenters. The molecule has 1 aliphatic heterocycles. The molecule has 39 heavy (non-hydrogen) atoms. The van der Waals surface area contributed by atoms with Crippen molar-refractivity contribution in [2.75, 3.05) is 12.0 Å². The first-order chi connectivity index (χ1) is 18.9. The molecule has 0 radical (unpaired) electrons. The van der Waals surface area contributed by atoms with Crippen molar-refractivity contribution in [2.24, 2.45) is 7.05 Å². The number of anilines is 1. The van der Waals surface area contributed by atoms with E-state index in [0.29, 0.717) is 16.8 Å². The number of fused-ring (bicyclic) bond motifs is 2. The van der Waals surface area contributed by atoms with Crippen molar-refractivity contribution in [3.63, 3.8) is 0 Å². The zero-order valence-electron chi connectivity index (χ0n) is 22.1. The largest absolute Gasteiger partial charge is 0.481 e. The molecule has 2 aliphatic rings. The lowest BCUT2D eigenvalue weighted by Gasteiger charge is -2.28. The first-order valence-corrected chi connectivity index (χ1v) is 13.4. The van der Waals surface area contributed by atoms with Crippen LogP contribution in [0.15, 0.2) is 54.9 Å². The zero-order valence-corrected chi connectivity index (χ0v) is 22.9. The predicted octanol–water partition coefficient (Wildman–Crippen LogP) is 6.04. The highest BCUT2D eigenvalue weighted by molar-refractivity contribution is 6.30. The van der Waals surface area contributed by atoms with Crippen LogP contribution in [-0.2, 0) is 7.05 Å². The van der Waals surface area contributed by atoms with Gasteiger partial charge in [0.05, 0.1) is 35.3 Å². The van der Waals surface area contributed by atoms with Gasteiger partial charge in [-0.15, -0.1) is 10.2 Å². The summed E-state index contributed by atoms with van der Waals surface area (Å²) >= 11 is 6.29. The fraction of sp³-hybridized carbons (Fsp3) is 0.267. The summed E-state index contributed by atoms with van der Waals surface area (Å²) in [5, 5.41) is 9.22. The van der Waals surface area contributed by atoms with Crippen molar-refractivity contribution < 1.29 is 9.53 Å². The van der Waals surface area contributed by atoms with Crippen molar-refractivity contribution in [1.82, 2.24) is 24.1 Å². The molecule has 196 valence electrons. The topological polar surface area (TPSA) is 77.6 Å². The van der Waals surface area contributed by atoms with Crippen LogP contribution in [0.2, 0.25) is 5.02 Å². The second-order valence-corrected chi connectivity index (χ2v) is 10.8. The molecule has 1 aliphatic carbocycles. The van der Waals surface area contributed by atoms with E-state index < -0.39 is 0 Å². The van der Waals surface area contributed by atoms with E-state index in [9.17, 15) is 4.79 Å². The van der Waals surface area contributed by atoms with Crippen LogP contribution in [0.4, 0.5) is 5.69 Å². The Balaban J connectivity index is 1.51. The number of pyridine rings is 2. The molecule has 9 heteroatoms. The molecular weight excluding hydrogens is 512 g/mol. The van der Waals surface area contributed by atoms with Gasteiger partial charge in [-0.05, 0) is 79.6 Å². The molecule has 0 bridgehead atoms. The van der Waals surface area contributed by atoms with Crippen LogP contribution in [0.5, 0.6) is 5.88 Å². The van der Waals surface area contributed by atoms with Crippen LogP contribution >= 0.6 is 11.6 Å². The lowest BCUT2D eigenvalue weighted by molar-refractivity contribution is 0.0992. The third-order valence-corrected chi connectivity index (χ3v) is 8.19. The number of amides is 1. The quantitative estimate of drug-likeness (QED) is 0.273. The van der Waals surface area contributed by atoms with Gasteiger partial charge in [-0.1, -0.05) is 23.7 Å². The Kier molecular flexibility index (Phi) is 5.32. The molecule has 1 fully saturated rings.